The molecule has 0 atom stereocenters. The van der Waals surface area contributed by atoms with Crippen LogP contribution in [0.3, 0.4) is 0 Å². The van der Waals surface area contributed by atoms with E-state index < -0.39 is 11.7 Å². The summed E-state index contributed by atoms with van der Waals surface area (Å²) in [6, 6.07) is 16.9. The Kier molecular flexibility index (Phi) is 5.13. The summed E-state index contributed by atoms with van der Waals surface area (Å²) >= 11 is 7.22. The number of benzene rings is 2. The van der Waals surface area contributed by atoms with Crippen molar-refractivity contribution >= 4 is 35.0 Å². The maximum absolute atomic E-state index is 13.8. The molecule has 0 spiro atoms. The van der Waals surface area contributed by atoms with Crippen LogP contribution < -0.4 is 5.32 Å². The summed E-state index contributed by atoms with van der Waals surface area (Å²) in [6.45, 7) is 0. The third kappa shape index (κ3) is 3.93. The second-order valence-electron chi connectivity index (χ2n) is 4.85. The molecule has 1 N–H and O–H groups in total. The van der Waals surface area contributed by atoms with Gasteiger partial charge in [-0.05, 0) is 42.5 Å². The Hall–Kier alpha value is -2.37. The Bertz CT molecular complexity index is 874. The van der Waals surface area contributed by atoms with Gasteiger partial charge in [-0.15, -0.1) is 0 Å². The number of halogens is 2. The fourth-order valence-corrected chi connectivity index (χ4v) is 3.10. The molecule has 0 aliphatic carbocycles. The number of hydrogen-bond acceptors (Lipinski definition) is 3. The minimum atomic E-state index is -0.547. The summed E-state index contributed by atoms with van der Waals surface area (Å²) in [5.74, 6) is -0.989. The summed E-state index contributed by atoms with van der Waals surface area (Å²) in [6.07, 6.45) is 1.61. The SMILES string of the molecule is O=C(Nc1cc(Cl)ccc1F)c1cccnc1Sc1ccccc1. The number of anilines is 1. The topological polar surface area (TPSA) is 42.0 Å². The monoisotopic (exact) mass is 358 g/mol. The van der Waals surface area contributed by atoms with Crippen LogP contribution in [0, 0.1) is 5.82 Å². The van der Waals surface area contributed by atoms with Crippen molar-refractivity contribution in [2.45, 2.75) is 9.92 Å². The van der Waals surface area contributed by atoms with Gasteiger partial charge in [0.25, 0.3) is 5.91 Å². The molecule has 1 heterocycles. The normalized spacial score (nSPS) is 10.4. The molecule has 24 heavy (non-hydrogen) atoms. The van der Waals surface area contributed by atoms with Gasteiger partial charge < -0.3 is 5.32 Å². The van der Waals surface area contributed by atoms with Gasteiger partial charge in [0.15, 0.2) is 0 Å². The Balaban J connectivity index is 1.86. The fourth-order valence-electron chi connectivity index (χ4n) is 2.03. The number of rotatable bonds is 4. The zero-order valence-electron chi connectivity index (χ0n) is 12.4. The number of aromatic nitrogens is 1. The van der Waals surface area contributed by atoms with Crippen molar-refractivity contribution < 1.29 is 9.18 Å². The standard InChI is InChI=1S/C18H12ClFN2OS/c19-12-8-9-15(20)16(11-12)22-17(23)14-7-4-10-21-18(14)24-13-5-2-1-3-6-13/h1-11H,(H,22,23). The molecular formula is C18H12ClFN2OS. The van der Waals surface area contributed by atoms with Crippen LogP contribution in [0.5, 0.6) is 0 Å². The number of carbonyl (C=O) groups is 1. The minimum absolute atomic E-state index is 0.0343. The van der Waals surface area contributed by atoms with Crippen LogP contribution in [-0.4, -0.2) is 10.9 Å². The zero-order valence-corrected chi connectivity index (χ0v) is 13.9. The van der Waals surface area contributed by atoms with E-state index in [1.165, 1.54) is 30.0 Å². The van der Waals surface area contributed by atoms with Crippen molar-refractivity contribution in [2.24, 2.45) is 0 Å². The first-order valence-electron chi connectivity index (χ1n) is 7.08. The van der Waals surface area contributed by atoms with E-state index >= 15 is 0 Å². The van der Waals surface area contributed by atoms with Crippen molar-refractivity contribution in [2.75, 3.05) is 5.32 Å². The zero-order chi connectivity index (χ0) is 16.9. The molecule has 0 saturated carbocycles. The molecule has 0 saturated heterocycles. The second kappa shape index (κ2) is 7.47. The maximum Gasteiger partial charge on any atom is 0.258 e. The van der Waals surface area contributed by atoms with E-state index in [1.807, 2.05) is 30.3 Å². The van der Waals surface area contributed by atoms with Gasteiger partial charge >= 0.3 is 0 Å². The lowest BCUT2D eigenvalue weighted by Gasteiger charge is -2.10. The quantitative estimate of drug-likeness (QED) is 0.690. The van der Waals surface area contributed by atoms with Crippen LogP contribution in [-0.2, 0) is 0 Å². The first kappa shape index (κ1) is 16.5. The Morgan fingerprint density at radius 2 is 1.88 bits per heavy atom. The number of nitrogens with one attached hydrogen (secondary N) is 1. The smallest absolute Gasteiger partial charge is 0.258 e. The average Bonchev–Trinajstić information content (AvgIpc) is 2.59. The van der Waals surface area contributed by atoms with Crippen LogP contribution in [0.1, 0.15) is 10.4 Å². The van der Waals surface area contributed by atoms with Gasteiger partial charge in [0.2, 0.25) is 0 Å². The van der Waals surface area contributed by atoms with E-state index in [9.17, 15) is 9.18 Å². The number of pyridine rings is 1. The molecule has 0 radical (unpaired) electrons. The first-order valence-corrected chi connectivity index (χ1v) is 8.27. The Morgan fingerprint density at radius 3 is 2.67 bits per heavy atom. The first-order chi connectivity index (χ1) is 11.6. The molecular weight excluding hydrogens is 347 g/mol. The molecule has 0 aliphatic rings. The second-order valence-corrected chi connectivity index (χ2v) is 6.35. The van der Waals surface area contributed by atoms with Crippen LogP contribution in [0.15, 0.2) is 76.8 Å². The van der Waals surface area contributed by atoms with Crippen LogP contribution in [0.2, 0.25) is 5.02 Å². The van der Waals surface area contributed by atoms with E-state index in [2.05, 4.69) is 10.3 Å². The van der Waals surface area contributed by atoms with Crippen molar-refractivity contribution in [3.8, 4) is 0 Å². The molecule has 120 valence electrons. The third-order valence-corrected chi connectivity index (χ3v) is 4.41. The summed E-state index contributed by atoms with van der Waals surface area (Å²) in [4.78, 5) is 17.7. The van der Waals surface area contributed by atoms with E-state index in [-0.39, 0.29) is 5.69 Å². The minimum Gasteiger partial charge on any atom is -0.319 e. The van der Waals surface area contributed by atoms with Crippen molar-refractivity contribution in [3.63, 3.8) is 0 Å². The highest BCUT2D eigenvalue weighted by Gasteiger charge is 2.15. The van der Waals surface area contributed by atoms with Gasteiger partial charge in [-0.3, -0.25) is 4.79 Å². The molecule has 3 nitrogen and oxygen atoms in total. The van der Waals surface area contributed by atoms with Crippen molar-refractivity contribution in [3.05, 3.63) is 83.3 Å². The largest absolute Gasteiger partial charge is 0.319 e. The molecule has 0 fully saturated rings. The Labute approximate surface area is 147 Å². The van der Waals surface area contributed by atoms with Crippen molar-refractivity contribution in [1.82, 2.24) is 4.98 Å². The van der Waals surface area contributed by atoms with Crippen LogP contribution in [0.25, 0.3) is 0 Å². The maximum atomic E-state index is 13.8. The highest BCUT2D eigenvalue weighted by atomic mass is 35.5. The molecule has 3 rings (SSSR count). The van der Waals surface area contributed by atoms with E-state index in [4.69, 9.17) is 11.6 Å². The molecule has 0 unspecified atom stereocenters. The van der Waals surface area contributed by atoms with Crippen molar-refractivity contribution in [1.29, 1.82) is 0 Å². The van der Waals surface area contributed by atoms with Gasteiger partial charge in [-0.25, -0.2) is 9.37 Å². The molecule has 0 bridgehead atoms. The number of nitrogens with zero attached hydrogens (tertiary/aromatic N) is 1. The van der Waals surface area contributed by atoms with Gasteiger partial charge in [0.05, 0.1) is 11.3 Å². The molecule has 0 aliphatic heterocycles. The number of amides is 1. The number of carbonyl (C=O) groups excluding carboxylic acids is 1. The number of hydrogen-bond donors (Lipinski definition) is 1. The van der Waals surface area contributed by atoms with Gasteiger partial charge in [-0.2, -0.15) is 0 Å². The van der Waals surface area contributed by atoms with Gasteiger partial charge in [0.1, 0.15) is 10.8 Å². The molecule has 2 aromatic carbocycles. The van der Waals surface area contributed by atoms with E-state index in [0.29, 0.717) is 15.6 Å². The molecule has 1 amide bonds. The van der Waals surface area contributed by atoms with Gasteiger partial charge in [-0.1, -0.05) is 41.6 Å². The predicted molar refractivity (Wildman–Crippen MR) is 94.2 cm³/mol. The highest BCUT2D eigenvalue weighted by molar-refractivity contribution is 7.99. The predicted octanol–water partition coefficient (Wildman–Crippen LogP) is 5.28. The lowest BCUT2D eigenvalue weighted by molar-refractivity contribution is 0.102. The van der Waals surface area contributed by atoms with E-state index in [1.54, 1.807) is 18.3 Å². The summed E-state index contributed by atoms with van der Waals surface area (Å²) in [5.41, 5.74) is 0.401. The lowest BCUT2D eigenvalue weighted by Crippen LogP contribution is -2.14. The van der Waals surface area contributed by atoms with Crippen LogP contribution in [0.4, 0.5) is 10.1 Å². The van der Waals surface area contributed by atoms with Crippen LogP contribution >= 0.6 is 23.4 Å². The molecule has 1 aromatic heterocycles. The average molecular weight is 359 g/mol. The summed E-state index contributed by atoms with van der Waals surface area (Å²) in [5, 5.41) is 3.43. The van der Waals surface area contributed by atoms with Gasteiger partial charge in [0, 0.05) is 16.1 Å². The summed E-state index contributed by atoms with van der Waals surface area (Å²) < 4.78 is 13.8. The highest BCUT2D eigenvalue weighted by Crippen LogP contribution is 2.29. The summed E-state index contributed by atoms with van der Waals surface area (Å²) in [7, 11) is 0. The fraction of sp³-hybridized carbons (Fsp3) is 0. The molecule has 6 heteroatoms. The Morgan fingerprint density at radius 1 is 1.08 bits per heavy atom. The molecule has 3 aromatic rings. The lowest BCUT2D eigenvalue weighted by atomic mass is 10.2. The van der Waals surface area contributed by atoms with E-state index in [0.717, 1.165) is 4.90 Å². The third-order valence-electron chi connectivity index (χ3n) is 3.15.